The number of benzene rings is 2. The Morgan fingerprint density at radius 1 is 0.952 bits per heavy atom. The van der Waals surface area contributed by atoms with E-state index < -0.39 is 0 Å². The average molecular weight is 281 g/mol. The van der Waals surface area contributed by atoms with E-state index in [1.165, 1.54) is 11.1 Å². The Morgan fingerprint density at radius 3 is 1.95 bits per heavy atom. The van der Waals surface area contributed by atoms with E-state index in [-0.39, 0.29) is 17.6 Å². The molecule has 1 saturated carbocycles. The molecule has 2 N–H and O–H groups in total. The molecule has 2 nitrogen and oxygen atoms in total. The predicted molar refractivity (Wildman–Crippen MR) is 86.4 cm³/mol. The molecule has 3 rings (SSSR count). The number of hydrogen-bond acceptors (Lipinski definition) is 2. The Morgan fingerprint density at radius 2 is 1.48 bits per heavy atom. The number of nitrogens with one attached hydrogen (secondary N) is 1. The fourth-order valence-electron chi connectivity index (χ4n) is 3.71. The van der Waals surface area contributed by atoms with Gasteiger partial charge in [0.25, 0.3) is 0 Å². The monoisotopic (exact) mass is 281 g/mol. The first kappa shape index (κ1) is 14.3. The summed E-state index contributed by atoms with van der Waals surface area (Å²) in [5.41, 5.74) is 2.70. The van der Waals surface area contributed by atoms with Crippen LogP contribution in [0.3, 0.4) is 0 Å². The van der Waals surface area contributed by atoms with Crippen molar-refractivity contribution in [3.8, 4) is 0 Å². The van der Waals surface area contributed by atoms with Crippen molar-refractivity contribution in [2.24, 2.45) is 0 Å². The number of rotatable bonds is 3. The second kappa shape index (κ2) is 6.00. The van der Waals surface area contributed by atoms with Crippen LogP contribution in [0.25, 0.3) is 0 Å². The van der Waals surface area contributed by atoms with Crippen LogP contribution < -0.4 is 5.32 Å². The lowest BCUT2D eigenvalue weighted by Crippen LogP contribution is -2.49. The van der Waals surface area contributed by atoms with Gasteiger partial charge in [0.05, 0.1) is 6.10 Å². The SMILES string of the molecule is CNC1CC(c2ccccc2)(c2ccccc2)CCC1O. The lowest BCUT2D eigenvalue weighted by Gasteiger charge is -2.44. The molecular formula is C19H23NO. The molecular weight excluding hydrogens is 258 g/mol. The molecule has 1 aliphatic carbocycles. The molecule has 0 bridgehead atoms. The van der Waals surface area contributed by atoms with Gasteiger partial charge in [-0.15, -0.1) is 0 Å². The highest BCUT2D eigenvalue weighted by Gasteiger charge is 2.42. The van der Waals surface area contributed by atoms with E-state index in [0.717, 1.165) is 19.3 Å². The molecule has 1 aliphatic rings. The van der Waals surface area contributed by atoms with Crippen LogP contribution in [-0.4, -0.2) is 24.3 Å². The van der Waals surface area contributed by atoms with Crippen LogP contribution in [0.5, 0.6) is 0 Å². The van der Waals surface area contributed by atoms with Crippen LogP contribution in [0.1, 0.15) is 30.4 Å². The van der Waals surface area contributed by atoms with Crippen molar-refractivity contribution in [3.05, 3.63) is 71.8 Å². The zero-order valence-corrected chi connectivity index (χ0v) is 12.5. The summed E-state index contributed by atoms with van der Waals surface area (Å²) >= 11 is 0. The summed E-state index contributed by atoms with van der Waals surface area (Å²) in [5.74, 6) is 0. The van der Waals surface area contributed by atoms with Gasteiger partial charge in [-0.05, 0) is 37.4 Å². The zero-order chi connectivity index (χ0) is 14.7. The van der Waals surface area contributed by atoms with Gasteiger partial charge in [0.2, 0.25) is 0 Å². The van der Waals surface area contributed by atoms with Crippen molar-refractivity contribution in [2.45, 2.75) is 36.8 Å². The minimum Gasteiger partial charge on any atom is -0.392 e. The van der Waals surface area contributed by atoms with Crippen LogP contribution in [-0.2, 0) is 5.41 Å². The number of hydrogen-bond donors (Lipinski definition) is 2. The highest BCUT2D eigenvalue weighted by atomic mass is 16.3. The van der Waals surface area contributed by atoms with E-state index in [9.17, 15) is 5.11 Å². The number of aliphatic hydroxyl groups excluding tert-OH is 1. The van der Waals surface area contributed by atoms with E-state index in [1.807, 2.05) is 7.05 Å². The normalized spacial score (nSPS) is 24.7. The van der Waals surface area contributed by atoms with Gasteiger partial charge >= 0.3 is 0 Å². The van der Waals surface area contributed by atoms with E-state index in [4.69, 9.17) is 0 Å². The maximum absolute atomic E-state index is 10.2. The van der Waals surface area contributed by atoms with E-state index >= 15 is 0 Å². The maximum Gasteiger partial charge on any atom is 0.0694 e. The zero-order valence-electron chi connectivity index (χ0n) is 12.5. The van der Waals surface area contributed by atoms with Crippen molar-refractivity contribution < 1.29 is 5.11 Å². The van der Waals surface area contributed by atoms with Crippen LogP contribution >= 0.6 is 0 Å². The third kappa shape index (κ3) is 2.61. The maximum atomic E-state index is 10.2. The van der Waals surface area contributed by atoms with Crippen LogP contribution in [0, 0.1) is 0 Å². The molecule has 2 aromatic carbocycles. The van der Waals surface area contributed by atoms with Gasteiger partial charge in [-0.2, -0.15) is 0 Å². The molecule has 2 aromatic rings. The van der Waals surface area contributed by atoms with Crippen molar-refractivity contribution in [1.29, 1.82) is 0 Å². The van der Waals surface area contributed by atoms with Gasteiger partial charge in [0, 0.05) is 11.5 Å². The Kier molecular flexibility index (Phi) is 4.09. The molecule has 21 heavy (non-hydrogen) atoms. The molecule has 2 heteroatoms. The Hall–Kier alpha value is -1.64. The molecule has 1 fully saturated rings. The van der Waals surface area contributed by atoms with Crippen molar-refractivity contribution in [1.82, 2.24) is 5.32 Å². The van der Waals surface area contributed by atoms with Crippen LogP contribution in [0.2, 0.25) is 0 Å². The first-order chi connectivity index (χ1) is 10.3. The summed E-state index contributed by atoms with van der Waals surface area (Å²) in [7, 11) is 1.94. The van der Waals surface area contributed by atoms with E-state index in [2.05, 4.69) is 66.0 Å². The summed E-state index contributed by atoms with van der Waals surface area (Å²) < 4.78 is 0. The van der Waals surface area contributed by atoms with Crippen LogP contribution in [0.4, 0.5) is 0 Å². The van der Waals surface area contributed by atoms with E-state index in [0.29, 0.717) is 0 Å². The molecule has 110 valence electrons. The Bertz CT molecular complexity index is 527. The molecule has 0 aromatic heterocycles. The third-order valence-electron chi connectivity index (χ3n) is 4.92. The highest BCUT2D eigenvalue weighted by molar-refractivity contribution is 5.40. The van der Waals surface area contributed by atoms with Gasteiger partial charge in [-0.3, -0.25) is 0 Å². The van der Waals surface area contributed by atoms with Crippen molar-refractivity contribution in [2.75, 3.05) is 7.05 Å². The summed E-state index contributed by atoms with van der Waals surface area (Å²) in [6.45, 7) is 0. The molecule has 0 amide bonds. The molecule has 0 aliphatic heterocycles. The lowest BCUT2D eigenvalue weighted by atomic mass is 9.63. The summed E-state index contributed by atoms with van der Waals surface area (Å²) in [6.07, 6.45) is 2.49. The standard InChI is InChI=1S/C19H23NO/c1-20-17-14-19(13-12-18(17)21,15-8-4-2-5-9-15)16-10-6-3-7-11-16/h2-11,17-18,20-21H,12-14H2,1H3. The summed E-state index contributed by atoms with van der Waals surface area (Å²) in [5, 5.41) is 13.5. The van der Waals surface area contributed by atoms with Gasteiger partial charge < -0.3 is 10.4 Å². The fraction of sp³-hybridized carbons (Fsp3) is 0.368. The highest BCUT2D eigenvalue weighted by Crippen LogP contribution is 2.44. The van der Waals surface area contributed by atoms with Gasteiger partial charge in [0.15, 0.2) is 0 Å². The molecule has 2 unspecified atom stereocenters. The first-order valence-corrected chi connectivity index (χ1v) is 7.73. The second-order valence-electron chi connectivity index (χ2n) is 6.02. The Labute approximate surface area is 126 Å². The van der Waals surface area contributed by atoms with Gasteiger partial charge in [-0.1, -0.05) is 60.7 Å². The minimum atomic E-state index is -0.254. The molecule has 0 heterocycles. The minimum absolute atomic E-state index is 0.00454. The van der Waals surface area contributed by atoms with E-state index in [1.54, 1.807) is 0 Å². The fourth-order valence-corrected chi connectivity index (χ4v) is 3.71. The molecule has 0 radical (unpaired) electrons. The van der Waals surface area contributed by atoms with Crippen LogP contribution in [0.15, 0.2) is 60.7 Å². The second-order valence-corrected chi connectivity index (χ2v) is 6.02. The summed E-state index contributed by atoms with van der Waals surface area (Å²) in [4.78, 5) is 0. The molecule has 0 saturated heterocycles. The lowest BCUT2D eigenvalue weighted by molar-refractivity contribution is 0.0709. The third-order valence-corrected chi connectivity index (χ3v) is 4.92. The smallest absolute Gasteiger partial charge is 0.0694 e. The first-order valence-electron chi connectivity index (χ1n) is 7.73. The van der Waals surface area contributed by atoms with Crippen molar-refractivity contribution in [3.63, 3.8) is 0 Å². The Balaban J connectivity index is 2.08. The quantitative estimate of drug-likeness (QED) is 0.906. The number of aliphatic hydroxyl groups is 1. The van der Waals surface area contributed by atoms with Gasteiger partial charge in [-0.25, -0.2) is 0 Å². The topological polar surface area (TPSA) is 32.3 Å². The average Bonchev–Trinajstić information content (AvgIpc) is 2.57. The van der Waals surface area contributed by atoms with Gasteiger partial charge in [0.1, 0.15) is 0 Å². The number of likely N-dealkylation sites (N-methyl/N-ethyl adjacent to an activating group) is 1. The summed E-state index contributed by atoms with van der Waals surface area (Å²) in [6, 6.07) is 21.6. The van der Waals surface area contributed by atoms with Crippen molar-refractivity contribution >= 4 is 0 Å². The molecule has 2 atom stereocenters. The largest absolute Gasteiger partial charge is 0.392 e. The molecule has 0 spiro atoms. The predicted octanol–water partition coefficient (Wildman–Crippen LogP) is 3.11.